The van der Waals surface area contributed by atoms with E-state index in [1.54, 1.807) is 29.1 Å². The topological polar surface area (TPSA) is 113 Å². The summed E-state index contributed by atoms with van der Waals surface area (Å²) in [7, 11) is 1.26. The van der Waals surface area contributed by atoms with Crippen LogP contribution in [0.1, 0.15) is 40.9 Å². The fourth-order valence-electron chi connectivity index (χ4n) is 3.66. The number of ether oxygens (including phenoxy) is 1. The van der Waals surface area contributed by atoms with Gasteiger partial charge in [-0.05, 0) is 48.4 Å². The van der Waals surface area contributed by atoms with Gasteiger partial charge in [0.2, 0.25) is 0 Å². The summed E-state index contributed by atoms with van der Waals surface area (Å²) in [4.78, 5) is 29.3. The average Bonchev–Trinajstić information content (AvgIpc) is 3.30. The molecule has 2 aromatic carbocycles. The van der Waals surface area contributed by atoms with Crippen molar-refractivity contribution in [3.05, 3.63) is 71.0 Å². The number of rotatable bonds is 8. The predicted octanol–water partition coefficient (Wildman–Crippen LogP) is 6.18. The Kier molecular flexibility index (Phi) is 8.11. The van der Waals surface area contributed by atoms with Crippen LogP contribution in [0.4, 0.5) is 28.8 Å². The van der Waals surface area contributed by atoms with Gasteiger partial charge in [-0.3, -0.25) is 19.9 Å². The molecule has 2 heterocycles. The molecule has 0 aliphatic rings. The first-order valence-electron chi connectivity index (χ1n) is 11.9. The van der Waals surface area contributed by atoms with Crippen LogP contribution in [0.15, 0.2) is 48.8 Å². The first kappa shape index (κ1) is 27.9. The minimum absolute atomic E-state index is 0.0714. The third-order valence-corrected chi connectivity index (χ3v) is 6.63. The van der Waals surface area contributed by atoms with Crippen molar-refractivity contribution >= 4 is 34.2 Å². The molecular weight excluding hydrogens is 533 g/mol. The molecule has 4 N–H and O–H groups in total. The number of amides is 2. The average molecular weight is 561 g/mol. The lowest BCUT2D eigenvalue weighted by atomic mass is 10.0. The van der Waals surface area contributed by atoms with Gasteiger partial charge in [-0.2, -0.15) is 13.2 Å². The lowest BCUT2D eigenvalue weighted by Gasteiger charge is -2.18. The van der Waals surface area contributed by atoms with Gasteiger partial charge in [0.1, 0.15) is 0 Å². The number of carbonyl (C=O) groups is 2. The number of halogens is 3. The molecule has 2 aromatic heterocycles. The second-order valence-corrected chi connectivity index (χ2v) is 10.1. The summed E-state index contributed by atoms with van der Waals surface area (Å²) in [6.07, 6.45) is -1.77. The molecule has 2 amide bonds. The molecule has 0 aliphatic carbocycles. The van der Waals surface area contributed by atoms with Crippen LogP contribution in [0.3, 0.4) is 0 Å². The monoisotopic (exact) mass is 560 g/mol. The number of aromatic nitrogens is 3. The minimum Gasteiger partial charge on any atom is -0.453 e. The summed E-state index contributed by atoms with van der Waals surface area (Å²) < 4.78 is 46.8. The third-order valence-electron chi connectivity index (χ3n) is 5.69. The van der Waals surface area contributed by atoms with E-state index in [-0.39, 0.29) is 18.2 Å². The molecular formula is C26H27F3N6O3S. The van der Waals surface area contributed by atoms with Crippen LogP contribution >= 0.6 is 11.3 Å². The van der Waals surface area contributed by atoms with Gasteiger partial charge < -0.3 is 15.4 Å². The molecule has 4 rings (SSSR count). The highest BCUT2D eigenvalue weighted by molar-refractivity contribution is 7.19. The molecule has 206 valence electrons. The fourth-order valence-corrected chi connectivity index (χ4v) is 4.42. The van der Waals surface area contributed by atoms with Gasteiger partial charge in [0.25, 0.3) is 5.91 Å². The van der Waals surface area contributed by atoms with Gasteiger partial charge in [0.05, 0.1) is 35.1 Å². The van der Waals surface area contributed by atoms with E-state index in [2.05, 4.69) is 30.8 Å². The molecule has 0 radical (unpaired) electrons. The van der Waals surface area contributed by atoms with E-state index in [1.165, 1.54) is 24.5 Å². The Morgan fingerprint density at radius 3 is 2.56 bits per heavy atom. The van der Waals surface area contributed by atoms with Crippen LogP contribution in [0, 0.1) is 6.92 Å². The van der Waals surface area contributed by atoms with Crippen LogP contribution < -0.4 is 16.0 Å². The predicted molar refractivity (Wildman–Crippen MR) is 143 cm³/mol. The van der Waals surface area contributed by atoms with E-state index in [9.17, 15) is 22.8 Å². The van der Waals surface area contributed by atoms with Crippen molar-refractivity contribution in [3.63, 3.8) is 0 Å². The molecule has 0 atom stereocenters. The molecule has 0 saturated heterocycles. The Bertz CT molecular complexity index is 1480. The van der Waals surface area contributed by atoms with E-state index in [0.717, 1.165) is 34.0 Å². The largest absolute Gasteiger partial charge is 0.453 e. The van der Waals surface area contributed by atoms with E-state index in [1.807, 2.05) is 27.0 Å². The summed E-state index contributed by atoms with van der Waals surface area (Å²) in [6, 6.07) is 8.64. The highest BCUT2D eigenvalue weighted by Crippen LogP contribution is 2.32. The Hall–Kier alpha value is -4.10. The lowest BCUT2D eigenvalue weighted by Crippen LogP contribution is -2.23. The minimum atomic E-state index is -4.58. The Morgan fingerprint density at radius 1 is 1.15 bits per heavy atom. The number of aromatic amines is 1. The lowest BCUT2D eigenvalue weighted by molar-refractivity contribution is -0.137. The maximum atomic E-state index is 13.5. The second-order valence-electron chi connectivity index (χ2n) is 9.08. The fraction of sp³-hybridized carbons (Fsp3) is 0.269. The Balaban J connectivity index is 1.52. The summed E-state index contributed by atoms with van der Waals surface area (Å²) in [5, 5.41) is 11.9. The number of carbonyl (C=O) groups excluding carboxylic acids is 2. The second kappa shape index (κ2) is 11.3. The molecule has 39 heavy (non-hydrogen) atoms. The van der Waals surface area contributed by atoms with Crippen molar-refractivity contribution in [2.45, 2.75) is 39.5 Å². The molecule has 13 heteroatoms. The zero-order chi connectivity index (χ0) is 28.3. The highest BCUT2D eigenvalue weighted by atomic mass is 32.1. The van der Waals surface area contributed by atoms with Crippen molar-refractivity contribution in [3.8, 4) is 16.3 Å². The van der Waals surface area contributed by atoms with E-state index in [4.69, 9.17) is 0 Å². The molecule has 4 aromatic rings. The number of anilines is 2. The summed E-state index contributed by atoms with van der Waals surface area (Å²) in [5.41, 5.74) is 2.23. The molecule has 0 aliphatic heterocycles. The maximum absolute atomic E-state index is 13.5. The van der Waals surface area contributed by atoms with Crippen molar-refractivity contribution < 1.29 is 27.5 Å². The van der Waals surface area contributed by atoms with Crippen molar-refractivity contribution in [2.75, 3.05) is 17.7 Å². The van der Waals surface area contributed by atoms with Crippen molar-refractivity contribution in [1.29, 1.82) is 0 Å². The van der Waals surface area contributed by atoms with E-state index in [0.29, 0.717) is 16.4 Å². The van der Waals surface area contributed by atoms with E-state index < -0.39 is 23.7 Å². The molecule has 0 saturated carbocycles. The number of nitrogens with one attached hydrogen (secondary N) is 4. The molecule has 9 nitrogen and oxygen atoms in total. The summed E-state index contributed by atoms with van der Waals surface area (Å²) >= 11 is 1.26. The summed E-state index contributed by atoms with van der Waals surface area (Å²) in [6.45, 7) is 5.86. The van der Waals surface area contributed by atoms with Gasteiger partial charge in [0.15, 0.2) is 5.13 Å². The summed E-state index contributed by atoms with van der Waals surface area (Å²) in [5.74, 6) is -0.648. The number of hydrogen-bond donors (Lipinski definition) is 4. The zero-order valence-electron chi connectivity index (χ0n) is 21.6. The Labute approximate surface area is 226 Å². The number of thiazole rings is 1. The number of aryl methyl sites for hydroxylation is 1. The number of nitrogens with zero attached hydrogens (tertiary/aromatic N) is 2. The van der Waals surface area contributed by atoms with Gasteiger partial charge in [-0.15, -0.1) is 0 Å². The first-order chi connectivity index (χ1) is 18.4. The van der Waals surface area contributed by atoms with Crippen LogP contribution in [-0.4, -0.2) is 39.9 Å². The number of benzene rings is 2. The van der Waals surface area contributed by atoms with Crippen LogP contribution in [0.25, 0.3) is 16.3 Å². The van der Waals surface area contributed by atoms with Gasteiger partial charge in [0, 0.05) is 30.0 Å². The number of alkyl halides is 3. The van der Waals surface area contributed by atoms with Crippen LogP contribution in [-0.2, 0) is 17.5 Å². The standard InChI is InChI=1S/C26H27F3N6O3S/c1-14(2)30-11-16-7-17(9-18(8-16)26(27,28)29)23(36)32-19-6-5-15(3)21(10-19)35-13-20(34-35)22-12-31-24(39-22)33-25(37)38-4/h5-10,12-14,30,34H,11H2,1-4H3,(H,32,36)(H,31,33,37). The number of hydrogen-bond acceptors (Lipinski definition) is 6. The third kappa shape index (κ3) is 6.86. The SMILES string of the molecule is COC(=O)Nc1ncc(-c2cn(-c3cc(NC(=O)c4cc(CNC(C)C)cc(C(F)(F)F)c4)ccc3C)[nH]2)s1. The smallest absolute Gasteiger partial charge is 0.416 e. The van der Waals surface area contributed by atoms with Gasteiger partial charge in [-0.25, -0.2) is 9.78 Å². The maximum Gasteiger partial charge on any atom is 0.416 e. The Morgan fingerprint density at radius 2 is 1.90 bits per heavy atom. The zero-order valence-corrected chi connectivity index (χ0v) is 22.4. The highest BCUT2D eigenvalue weighted by Gasteiger charge is 2.32. The van der Waals surface area contributed by atoms with Crippen LogP contribution in [0.2, 0.25) is 0 Å². The van der Waals surface area contributed by atoms with Crippen LogP contribution in [0.5, 0.6) is 0 Å². The molecule has 0 spiro atoms. The first-order valence-corrected chi connectivity index (χ1v) is 12.7. The quantitative estimate of drug-likeness (QED) is 0.205. The van der Waals surface area contributed by atoms with Gasteiger partial charge >= 0.3 is 12.3 Å². The molecule has 0 unspecified atom stereocenters. The van der Waals surface area contributed by atoms with E-state index >= 15 is 0 Å². The van der Waals surface area contributed by atoms with Crippen molar-refractivity contribution in [1.82, 2.24) is 20.1 Å². The van der Waals surface area contributed by atoms with Gasteiger partial charge in [-0.1, -0.05) is 31.3 Å². The number of methoxy groups -OCH3 is 1. The molecule has 0 fully saturated rings. The normalized spacial score (nSPS) is 11.6. The van der Waals surface area contributed by atoms with Crippen molar-refractivity contribution in [2.24, 2.45) is 0 Å². The molecule has 0 bridgehead atoms. The number of H-pyrrole nitrogens is 1.